The highest BCUT2D eigenvalue weighted by Crippen LogP contribution is 2.29. The van der Waals surface area contributed by atoms with Gasteiger partial charge in [0.15, 0.2) is 0 Å². The van der Waals surface area contributed by atoms with Crippen LogP contribution in [0.15, 0.2) is 24.3 Å². The van der Waals surface area contributed by atoms with Crippen molar-refractivity contribution in [3.05, 3.63) is 35.4 Å². The highest BCUT2D eigenvalue weighted by atomic mass is 16.3. The van der Waals surface area contributed by atoms with Crippen LogP contribution in [0.5, 0.6) is 0 Å². The third-order valence-electron chi connectivity index (χ3n) is 4.95. The van der Waals surface area contributed by atoms with Gasteiger partial charge < -0.3 is 10.4 Å². The monoisotopic (exact) mass is 274 g/mol. The van der Waals surface area contributed by atoms with Gasteiger partial charge in [0, 0.05) is 24.7 Å². The zero-order chi connectivity index (χ0) is 13.9. The van der Waals surface area contributed by atoms with Gasteiger partial charge in [0.1, 0.15) is 0 Å². The van der Waals surface area contributed by atoms with Crippen LogP contribution in [0.1, 0.15) is 49.8 Å². The summed E-state index contributed by atoms with van der Waals surface area (Å²) < 4.78 is 0. The summed E-state index contributed by atoms with van der Waals surface area (Å²) in [4.78, 5) is 2.66. The lowest BCUT2D eigenvalue weighted by atomic mass is 9.97. The minimum Gasteiger partial charge on any atom is -0.392 e. The largest absolute Gasteiger partial charge is 0.392 e. The number of nitrogens with zero attached hydrogens (tertiary/aromatic N) is 1. The molecule has 2 saturated heterocycles. The highest BCUT2D eigenvalue weighted by Gasteiger charge is 2.35. The number of fused-ring (bicyclic) bond motifs is 1. The van der Waals surface area contributed by atoms with Gasteiger partial charge >= 0.3 is 0 Å². The van der Waals surface area contributed by atoms with Crippen molar-refractivity contribution in [1.82, 2.24) is 10.2 Å². The SMILES string of the molecule is CC(NC1CCN2CCCCC12)c1cccc(CO)c1. The van der Waals surface area contributed by atoms with E-state index in [0.717, 1.165) is 11.6 Å². The topological polar surface area (TPSA) is 35.5 Å². The van der Waals surface area contributed by atoms with Gasteiger partial charge in [-0.25, -0.2) is 0 Å². The lowest BCUT2D eigenvalue weighted by Crippen LogP contribution is -2.45. The maximum atomic E-state index is 9.26. The van der Waals surface area contributed by atoms with Crippen LogP contribution in [0.4, 0.5) is 0 Å². The highest BCUT2D eigenvalue weighted by molar-refractivity contribution is 5.25. The molecule has 2 aliphatic heterocycles. The van der Waals surface area contributed by atoms with E-state index < -0.39 is 0 Å². The summed E-state index contributed by atoms with van der Waals surface area (Å²) in [6.45, 7) is 4.91. The molecule has 0 bridgehead atoms. The Hall–Kier alpha value is -0.900. The number of hydrogen-bond acceptors (Lipinski definition) is 3. The Bertz CT molecular complexity index is 448. The molecule has 2 heterocycles. The maximum absolute atomic E-state index is 9.26. The third-order valence-corrected chi connectivity index (χ3v) is 4.95. The molecule has 0 aliphatic carbocycles. The second-order valence-electron chi connectivity index (χ2n) is 6.29. The van der Waals surface area contributed by atoms with E-state index in [1.165, 1.54) is 44.3 Å². The van der Waals surface area contributed by atoms with Crippen molar-refractivity contribution in [2.24, 2.45) is 0 Å². The Kier molecular flexibility index (Phi) is 4.39. The summed E-state index contributed by atoms with van der Waals surface area (Å²) in [5.74, 6) is 0. The standard InChI is InChI=1S/C17H26N2O/c1-13(15-6-4-5-14(11-15)12-20)18-16-8-10-19-9-3-2-7-17(16)19/h4-6,11,13,16-18,20H,2-3,7-10,12H2,1H3. The number of piperidine rings is 1. The maximum Gasteiger partial charge on any atom is 0.0681 e. The molecule has 1 aromatic rings. The zero-order valence-electron chi connectivity index (χ0n) is 12.4. The lowest BCUT2D eigenvalue weighted by Gasteiger charge is -2.34. The second-order valence-corrected chi connectivity index (χ2v) is 6.29. The summed E-state index contributed by atoms with van der Waals surface area (Å²) in [6.07, 6.45) is 5.38. The summed E-state index contributed by atoms with van der Waals surface area (Å²) in [5.41, 5.74) is 2.28. The smallest absolute Gasteiger partial charge is 0.0681 e. The number of nitrogens with one attached hydrogen (secondary N) is 1. The summed E-state index contributed by atoms with van der Waals surface area (Å²) in [6, 6.07) is 10.0. The van der Waals surface area contributed by atoms with Crippen LogP contribution in [0, 0.1) is 0 Å². The zero-order valence-corrected chi connectivity index (χ0v) is 12.4. The quantitative estimate of drug-likeness (QED) is 0.885. The van der Waals surface area contributed by atoms with Crippen molar-refractivity contribution in [3.63, 3.8) is 0 Å². The van der Waals surface area contributed by atoms with Gasteiger partial charge in [0.25, 0.3) is 0 Å². The molecule has 20 heavy (non-hydrogen) atoms. The van der Waals surface area contributed by atoms with Gasteiger partial charge in [0.05, 0.1) is 6.61 Å². The van der Waals surface area contributed by atoms with Crippen LogP contribution in [0.3, 0.4) is 0 Å². The molecular formula is C17H26N2O. The Morgan fingerprint density at radius 1 is 1.30 bits per heavy atom. The first-order valence-electron chi connectivity index (χ1n) is 7.98. The van der Waals surface area contributed by atoms with E-state index in [-0.39, 0.29) is 6.61 Å². The number of benzene rings is 1. The molecule has 2 N–H and O–H groups in total. The molecule has 3 heteroatoms. The van der Waals surface area contributed by atoms with E-state index in [0.29, 0.717) is 12.1 Å². The molecule has 0 saturated carbocycles. The van der Waals surface area contributed by atoms with Gasteiger partial charge in [0.2, 0.25) is 0 Å². The van der Waals surface area contributed by atoms with E-state index in [1.54, 1.807) is 0 Å². The number of aliphatic hydroxyl groups is 1. The molecule has 0 radical (unpaired) electrons. The van der Waals surface area contributed by atoms with Crippen LogP contribution in [-0.4, -0.2) is 35.2 Å². The molecule has 3 unspecified atom stereocenters. The van der Waals surface area contributed by atoms with E-state index in [9.17, 15) is 5.11 Å². The fourth-order valence-electron chi connectivity index (χ4n) is 3.82. The van der Waals surface area contributed by atoms with Crippen molar-refractivity contribution in [1.29, 1.82) is 0 Å². The fraction of sp³-hybridized carbons (Fsp3) is 0.647. The fourth-order valence-corrected chi connectivity index (χ4v) is 3.82. The molecule has 2 aliphatic rings. The van der Waals surface area contributed by atoms with E-state index in [1.807, 2.05) is 12.1 Å². The van der Waals surface area contributed by atoms with Gasteiger partial charge in [-0.05, 0) is 43.9 Å². The molecule has 3 atom stereocenters. The van der Waals surface area contributed by atoms with Gasteiger partial charge in [-0.2, -0.15) is 0 Å². The molecule has 3 rings (SSSR count). The average molecular weight is 274 g/mol. The van der Waals surface area contributed by atoms with Crippen LogP contribution >= 0.6 is 0 Å². The van der Waals surface area contributed by atoms with E-state index in [4.69, 9.17) is 0 Å². The molecule has 1 aromatic carbocycles. The van der Waals surface area contributed by atoms with Gasteiger partial charge in [-0.15, -0.1) is 0 Å². The third kappa shape index (κ3) is 2.90. The van der Waals surface area contributed by atoms with Crippen LogP contribution in [0.25, 0.3) is 0 Å². The van der Waals surface area contributed by atoms with Crippen LogP contribution in [-0.2, 0) is 6.61 Å². The molecule has 0 amide bonds. The first-order valence-corrected chi connectivity index (χ1v) is 7.98. The first-order chi connectivity index (χ1) is 9.78. The predicted octanol–water partition coefficient (Wildman–Crippen LogP) is 2.46. The van der Waals surface area contributed by atoms with Crippen molar-refractivity contribution in [2.45, 2.75) is 57.3 Å². The number of hydrogen-bond donors (Lipinski definition) is 2. The van der Waals surface area contributed by atoms with Crippen molar-refractivity contribution >= 4 is 0 Å². The second kappa shape index (κ2) is 6.25. The predicted molar refractivity (Wildman–Crippen MR) is 81.5 cm³/mol. The Labute approximate surface area is 122 Å². The van der Waals surface area contributed by atoms with Gasteiger partial charge in [-0.1, -0.05) is 30.7 Å². The van der Waals surface area contributed by atoms with E-state index in [2.05, 4.69) is 29.3 Å². The van der Waals surface area contributed by atoms with Crippen LogP contribution < -0.4 is 5.32 Å². The molecule has 110 valence electrons. The normalized spacial score (nSPS) is 28.3. The van der Waals surface area contributed by atoms with Crippen molar-refractivity contribution < 1.29 is 5.11 Å². The summed E-state index contributed by atoms with van der Waals surface area (Å²) in [7, 11) is 0. The minimum absolute atomic E-state index is 0.125. The molecule has 3 nitrogen and oxygen atoms in total. The molecule has 0 spiro atoms. The van der Waals surface area contributed by atoms with Crippen molar-refractivity contribution in [3.8, 4) is 0 Å². The molecule has 0 aromatic heterocycles. The lowest BCUT2D eigenvalue weighted by molar-refractivity contribution is 0.177. The Balaban J connectivity index is 1.64. The van der Waals surface area contributed by atoms with Crippen molar-refractivity contribution in [2.75, 3.05) is 13.1 Å². The first kappa shape index (κ1) is 14.1. The van der Waals surface area contributed by atoms with E-state index >= 15 is 0 Å². The van der Waals surface area contributed by atoms with Gasteiger partial charge in [-0.3, -0.25) is 4.90 Å². The Morgan fingerprint density at radius 3 is 3.05 bits per heavy atom. The summed E-state index contributed by atoms with van der Waals surface area (Å²) in [5, 5.41) is 13.1. The number of rotatable bonds is 4. The minimum atomic E-state index is 0.125. The summed E-state index contributed by atoms with van der Waals surface area (Å²) >= 11 is 0. The van der Waals surface area contributed by atoms with Crippen LogP contribution in [0.2, 0.25) is 0 Å². The molecular weight excluding hydrogens is 248 g/mol. The Morgan fingerprint density at radius 2 is 2.20 bits per heavy atom. The molecule has 2 fully saturated rings. The average Bonchev–Trinajstić information content (AvgIpc) is 2.90. The number of aliphatic hydroxyl groups excluding tert-OH is 1.